The largest absolute Gasteiger partial charge is 0.348 e. The predicted molar refractivity (Wildman–Crippen MR) is 73.8 cm³/mol. The van der Waals surface area contributed by atoms with Crippen LogP contribution in [0.1, 0.15) is 21.7 Å². The molecule has 2 rings (SSSR count). The first-order valence-electron chi connectivity index (χ1n) is 5.82. The number of carbonyl (C=O) groups is 1. The molecule has 1 heterocycles. The summed E-state index contributed by atoms with van der Waals surface area (Å²) in [4.78, 5) is 27.8. The third kappa shape index (κ3) is 2.90. The van der Waals surface area contributed by atoms with Crippen LogP contribution in [0.2, 0.25) is 5.02 Å². The summed E-state index contributed by atoms with van der Waals surface area (Å²) in [5.41, 5.74) is 1.34. The van der Waals surface area contributed by atoms with Gasteiger partial charge in [0.05, 0.1) is 11.6 Å². The summed E-state index contributed by atoms with van der Waals surface area (Å²) in [6.45, 7) is 3.46. The summed E-state index contributed by atoms with van der Waals surface area (Å²) in [6.07, 6.45) is 0. The maximum atomic E-state index is 12.2. The van der Waals surface area contributed by atoms with E-state index in [4.69, 9.17) is 11.6 Å². The molecule has 0 saturated carbocycles. The molecule has 19 heavy (non-hydrogen) atoms. The van der Waals surface area contributed by atoms with Gasteiger partial charge in [-0.15, -0.1) is 0 Å². The van der Waals surface area contributed by atoms with Crippen LogP contribution in [0.3, 0.4) is 0 Å². The molecular weight excluding hydrogens is 264 g/mol. The number of aryl methyl sites for hydroxylation is 2. The van der Waals surface area contributed by atoms with Gasteiger partial charge in [-0.05, 0) is 32.0 Å². The fourth-order valence-corrected chi connectivity index (χ4v) is 2.12. The minimum Gasteiger partial charge on any atom is -0.292 e. The number of hydrogen-bond donors (Lipinski definition) is 0. The Morgan fingerprint density at radius 2 is 2.00 bits per heavy atom. The van der Waals surface area contributed by atoms with Crippen LogP contribution in [-0.4, -0.2) is 15.3 Å². The summed E-state index contributed by atoms with van der Waals surface area (Å²) in [5, 5.41) is 0.387. The Labute approximate surface area is 115 Å². The number of Topliss-reactive ketones (excluding diaryl/α,β-unsaturated/α-hetero) is 1. The summed E-state index contributed by atoms with van der Waals surface area (Å²) >= 11 is 5.97. The van der Waals surface area contributed by atoms with Crippen LogP contribution in [-0.2, 0) is 6.54 Å². The van der Waals surface area contributed by atoms with Crippen molar-refractivity contribution in [3.8, 4) is 0 Å². The molecule has 0 aliphatic heterocycles. The fraction of sp³-hybridized carbons (Fsp3) is 0.214. The van der Waals surface area contributed by atoms with Gasteiger partial charge in [0.15, 0.2) is 5.78 Å². The molecule has 0 radical (unpaired) electrons. The highest BCUT2D eigenvalue weighted by Gasteiger charge is 2.13. The first-order chi connectivity index (χ1) is 8.99. The van der Waals surface area contributed by atoms with Crippen molar-refractivity contribution < 1.29 is 4.79 Å². The van der Waals surface area contributed by atoms with Crippen LogP contribution in [0.15, 0.2) is 35.1 Å². The van der Waals surface area contributed by atoms with Crippen LogP contribution < -0.4 is 5.69 Å². The second kappa shape index (κ2) is 5.36. The molecular formula is C14H13ClN2O2. The lowest BCUT2D eigenvalue weighted by atomic mass is 10.1. The zero-order valence-corrected chi connectivity index (χ0v) is 11.4. The standard InChI is InChI=1S/C14H13ClN2O2/c1-9-7-10(2)17(14(19)16-9)8-13(18)11-5-3-4-6-12(11)15/h3-7H,8H2,1-2H3. The number of rotatable bonds is 3. The van der Waals surface area contributed by atoms with Crippen LogP contribution >= 0.6 is 11.6 Å². The van der Waals surface area contributed by atoms with Crippen LogP contribution in [0.5, 0.6) is 0 Å². The molecule has 0 amide bonds. The molecule has 0 aliphatic rings. The third-order valence-electron chi connectivity index (χ3n) is 2.82. The number of halogens is 1. The maximum absolute atomic E-state index is 12.2. The molecule has 0 saturated heterocycles. The van der Waals surface area contributed by atoms with Crippen molar-refractivity contribution >= 4 is 17.4 Å². The normalized spacial score (nSPS) is 10.5. The minimum absolute atomic E-state index is 0.0539. The monoisotopic (exact) mass is 276 g/mol. The van der Waals surface area contributed by atoms with Gasteiger partial charge in [0, 0.05) is 17.0 Å². The molecule has 98 valence electrons. The molecule has 2 aromatic rings. The lowest BCUT2D eigenvalue weighted by Gasteiger charge is -2.09. The van der Waals surface area contributed by atoms with E-state index in [9.17, 15) is 9.59 Å². The highest BCUT2D eigenvalue weighted by molar-refractivity contribution is 6.33. The van der Waals surface area contributed by atoms with E-state index < -0.39 is 5.69 Å². The first kappa shape index (κ1) is 13.5. The Balaban J connectivity index is 2.35. The molecule has 0 unspecified atom stereocenters. The quantitative estimate of drug-likeness (QED) is 0.809. The van der Waals surface area contributed by atoms with E-state index in [1.54, 1.807) is 44.2 Å². The van der Waals surface area contributed by atoms with E-state index in [1.807, 2.05) is 0 Å². The third-order valence-corrected chi connectivity index (χ3v) is 3.15. The Morgan fingerprint density at radius 1 is 1.32 bits per heavy atom. The Kier molecular flexibility index (Phi) is 3.81. The lowest BCUT2D eigenvalue weighted by molar-refractivity contribution is 0.0969. The van der Waals surface area contributed by atoms with Crippen LogP contribution in [0.25, 0.3) is 0 Å². The van der Waals surface area contributed by atoms with Crippen molar-refractivity contribution in [3.05, 3.63) is 62.8 Å². The first-order valence-corrected chi connectivity index (χ1v) is 6.19. The molecule has 0 fully saturated rings. The Hall–Kier alpha value is -1.94. The number of nitrogens with zero attached hydrogens (tertiary/aromatic N) is 2. The summed E-state index contributed by atoms with van der Waals surface area (Å²) in [5.74, 6) is -0.207. The van der Waals surface area contributed by atoms with Crippen molar-refractivity contribution in [1.82, 2.24) is 9.55 Å². The van der Waals surface area contributed by atoms with Gasteiger partial charge in [-0.25, -0.2) is 4.79 Å². The van der Waals surface area contributed by atoms with Gasteiger partial charge in [-0.3, -0.25) is 9.36 Å². The molecule has 1 aromatic carbocycles. The summed E-state index contributed by atoms with van der Waals surface area (Å²) < 4.78 is 1.35. The molecule has 0 N–H and O–H groups in total. The van der Waals surface area contributed by atoms with E-state index >= 15 is 0 Å². The molecule has 0 aliphatic carbocycles. The van der Waals surface area contributed by atoms with Crippen LogP contribution in [0.4, 0.5) is 0 Å². The van der Waals surface area contributed by atoms with Crippen molar-refractivity contribution in [2.24, 2.45) is 0 Å². The summed E-state index contributed by atoms with van der Waals surface area (Å²) in [7, 11) is 0. The second-order valence-corrected chi connectivity index (χ2v) is 4.72. The number of benzene rings is 1. The van der Waals surface area contributed by atoms with Crippen molar-refractivity contribution in [1.29, 1.82) is 0 Å². The smallest absolute Gasteiger partial charge is 0.292 e. The molecule has 0 bridgehead atoms. The molecule has 5 heteroatoms. The SMILES string of the molecule is Cc1cc(C)n(CC(=O)c2ccccc2Cl)c(=O)n1. The van der Waals surface area contributed by atoms with Gasteiger partial charge >= 0.3 is 5.69 Å². The van der Waals surface area contributed by atoms with Gasteiger partial charge < -0.3 is 0 Å². The van der Waals surface area contributed by atoms with E-state index in [0.717, 1.165) is 0 Å². The zero-order valence-electron chi connectivity index (χ0n) is 10.7. The van der Waals surface area contributed by atoms with Gasteiger partial charge in [0.25, 0.3) is 0 Å². The van der Waals surface area contributed by atoms with Crippen molar-refractivity contribution in [2.75, 3.05) is 0 Å². The average Bonchev–Trinajstić information content (AvgIpc) is 2.34. The van der Waals surface area contributed by atoms with E-state index in [2.05, 4.69) is 4.98 Å². The number of ketones is 1. The van der Waals surface area contributed by atoms with Crippen LogP contribution in [0, 0.1) is 13.8 Å². The van der Waals surface area contributed by atoms with E-state index in [0.29, 0.717) is 22.0 Å². The van der Waals surface area contributed by atoms with Gasteiger partial charge in [0.2, 0.25) is 0 Å². The zero-order chi connectivity index (χ0) is 14.0. The molecule has 1 aromatic heterocycles. The highest BCUT2D eigenvalue weighted by atomic mass is 35.5. The lowest BCUT2D eigenvalue weighted by Crippen LogP contribution is -2.28. The number of hydrogen-bond acceptors (Lipinski definition) is 3. The van der Waals surface area contributed by atoms with E-state index in [-0.39, 0.29) is 12.3 Å². The number of carbonyl (C=O) groups excluding carboxylic acids is 1. The number of aromatic nitrogens is 2. The second-order valence-electron chi connectivity index (χ2n) is 4.31. The average molecular weight is 277 g/mol. The Morgan fingerprint density at radius 3 is 2.63 bits per heavy atom. The van der Waals surface area contributed by atoms with Gasteiger partial charge in [-0.2, -0.15) is 4.98 Å². The van der Waals surface area contributed by atoms with Crippen molar-refractivity contribution in [2.45, 2.75) is 20.4 Å². The topological polar surface area (TPSA) is 52.0 Å². The van der Waals surface area contributed by atoms with Gasteiger partial charge in [0.1, 0.15) is 0 Å². The van der Waals surface area contributed by atoms with Gasteiger partial charge in [-0.1, -0.05) is 23.7 Å². The maximum Gasteiger partial charge on any atom is 0.348 e. The predicted octanol–water partition coefficient (Wildman–Crippen LogP) is 2.40. The summed E-state index contributed by atoms with van der Waals surface area (Å²) in [6, 6.07) is 8.55. The molecule has 0 spiro atoms. The fourth-order valence-electron chi connectivity index (χ4n) is 1.88. The Bertz CT molecular complexity index is 692. The van der Waals surface area contributed by atoms with Crippen molar-refractivity contribution in [3.63, 3.8) is 0 Å². The molecule has 4 nitrogen and oxygen atoms in total. The minimum atomic E-state index is -0.419. The molecule has 0 atom stereocenters. The van der Waals surface area contributed by atoms with E-state index in [1.165, 1.54) is 4.57 Å². The highest BCUT2D eigenvalue weighted by Crippen LogP contribution is 2.16.